The first-order valence-corrected chi connectivity index (χ1v) is 14.3. The second-order valence-corrected chi connectivity index (χ2v) is 11.4. The Morgan fingerprint density at radius 1 is 1.16 bits per heavy atom. The quantitative estimate of drug-likeness (QED) is 0.0960. The van der Waals surface area contributed by atoms with E-state index in [1.165, 1.54) is 11.0 Å². The average molecular weight is 629 g/mol. The number of phenols is 1. The summed E-state index contributed by atoms with van der Waals surface area (Å²) in [4.78, 5) is 53.4. The first kappa shape index (κ1) is 33.4. The Labute approximate surface area is 245 Å². The number of carbonyl (C=O) groups excluding carboxylic acids is 3. The van der Waals surface area contributed by atoms with Gasteiger partial charge in [-0.3, -0.25) is 38.5 Å². The van der Waals surface area contributed by atoms with Crippen LogP contribution >= 0.6 is 0 Å². The Balaban J connectivity index is 0.000000934. The van der Waals surface area contributed by atoms with Crippen molar-refractivity contribution >= 4 is 39.2 Å². The largest absolute Gasteiger partial charge is 0.510 e. The van der Waals surface area contributed by atoms with Crippen LogP contribution in [0, 0.1) is 22.0 Å². The number of nitro benzene ring substituents is 1. The molecule has 3 aliphatic rings. The SMILES string of the molecule is CCN(CC)c1cc([N+](=O)[O-])c(O)c2c1CC1CC3[C@H](N(C)C)C(O)=C(C(N)=O)C(=O)[C@@]3(O)C(O)=C1C2=O.O=S(=O)(O)O. The molecule has 0 heterocycles. The van der Waals surface area contributed by atoms with Gasteiger partial charge in [-0.15, -0.1) is 0 Å². The lowest BCUT2D eigenvalue weighted by Gasteiger charge is -2.50. The molecule has 0 aliphatic heterocycles. The number of allylic oxidation sites excluding steroid dienone is 1. The van der Waals surface area contributed by atoms with E-state index in [9.17, 15) is 44.9 Å². The van der Waals surface area contributed by atoms with E-state index in [-0.39, 0.29) is 24.0 Å². The molecule has 17 nitrogen and oxygen atoms in total. The van der Waals surface area contributed by atoms with Gasteiger partial charge >= 0.3 is 16.1 Å². The zero-order chi connectivity index (χ0) is 32.9. The summed E-state index contributed by atoms with van der Waals surface area (Å²) in [6, 6.07) is 0.107. The van der Waals surface area contributed by atoms with Gasteiger partial charge in [-0.05, 0) is 52.3 Å². The minimum Gasteiger partial charge on any atom is -0.510 e. The fraction of sp³-hybridized carbons (Fsp3) is 0.480. The standard InChI is InChI=1S/C25H30N4O9.H2O4S/c1-5-28(6-2)13-9-14(29(37)38)19(30)16-11(13)7-10-8-12-18(27(3)4)21(32)17(24(26)35)23(34)25(12,36)22(33)15(10)20(16)31;1-5(2,3)4/h9-10,12,18,30,32-33,36H,5-8H2,1-4H3,(H2,26,35);(H2,1,2,3,4)/t10?,12?,18-,25-;/m0./s1. The van der Waals surface area contributed by atoms with Gasteiger partial charge in [0.2, 0.25) is 11.5 Å². The van der Waals surface area contributed by atoms with E-state index in [2.05, 4.69) is 0 Å². The predicted molar refractivity (Wildman–Crippen MR) is 148 cm³/mol. The summed E-state index contributed by atoms with van der Waals surface area (Å²) in [6.07, 6.45) is -0.0207. The minimum atomic E-state index is -4.67. The molecule has 0 saturated heterocycles. The van der Waals surface area contributed by atoms with Crippen LogP contribution < -0.4 is 10.6 Å². The third-order valence-electron chi connectivity index (χ3n) is 7.98. The molecule has 1 aromatic rings. The van der Waals surface area contributed by atoms with Crippen LogP contribution in [0.25, 0.3) is 0 Å². The van der Waals surface area contributed by atoms with Crippen molar-refractivity contribution in [3.05, 3.63) is 50.0 Å². The molecule has 18 heteroatoms. The first-order valence-electron chi connectivity index (χ1n) is 12.9. The maximum Gasteiger partial charge on any atom is 0.394 e. The number of hydrogen-bond acceptors (Lipinski definition) is 13. The van der Waals surface area contributed by atoms with Gasteiger partial charge in [-0.2, -0.15) is 8.42 Å². The Hall–Kier alpha value is -4.10. The molecule has 0 bridgehead atoms. The van der Waals surface area contributed by atoms with Gasteiger partial charge < -0.3 is 31.1 Å². The summed E-state index contributed by atoms with van der Waals surface area (Å²) in [5.41, 5.74) is 0.912. The molecule has 2 unspecified atom stereocenters. The van der Waals surface area contributed by atoms with Crippen LogP contribution in [0.15, 0.2) is 28.7 Å². The number of benzene rings is 1. The molecule has 4 rings (SSSR count). The first-order chi connectivity index (χ1) is 19.7. The number of amides is 1. The molecule has 0 aromatic heterocycles. The molecule has 8 N–H and O–H groups in total. The molecule has 1 amide bonds. The third kappa shape index (κ3) is 5.54. The number of aromatic hydroxyl groups is 1. The van der Waals surface area contributed by atoms with Crippen LogP contribution in [0.3, 0.4) is 0 Å². The number of likely N-dealkylation sites (N-methyl/N-ethyl adjacent to an activating group) is 1. The number of hydrogen-bond donors (Lipinski definition) is 7. The van der Waals surface area contributed by atoms with Crippen LogP contribution in [-0.2, 0) is 26.4 Å². The number of ketones is 2. The zero-order valence-electron chi connectivity index (χ0n) is 23.5. The van der Waals surface area contributed by atoms with Crippen LogP contribution in [0.4, 0.5) is 11.4 Å². The second kappa shape index (κ2) is 11.5. The van der Waals surface area contributed by atoms with Crippen molar-refractivity contribution in [2.24, 2.45) is 17.6 Å². The van der Waals surface area contributed by atoms with Crippen LogP contribution in [0.5, 0.6) is 5.75 Å². The van der Waals surface area contributed by atoms with Crippen molar-refractivity contribution in [3.63, 3.8) is 0 Å². The number of primary amides is 1. The van der Waals surface area contributed by atoms with Crippen LogP contribution in [0.1, 0.15) is 36.2 Å². The van der Waals surface area contributed by atoms with E-state index in [0.29, 0.717) is 24.3 Å². The number of nitrogens with two attached hydrogens (primary N) is 1. The maximum absolute atomic E-state index is 13.8. The van der Waals surface area contributed by atoms with Crippen molar-refractivity contribution in [2.75, 3.05) is 32.1 Å². The Morgan fingerprint density at radius 3 is 2.14 bits per heavy atom. The van der Waals surface area contributed by atoms with Gasteiger partial charge in [0.25, 0.3) is 5.91 Å². The van der Waals surface area contributed by atoms with Crippen LogP contribution in [0.2, 0.25) is 0 Å². The maximum atomic E-state index is 13.8. The molecule has 3 aliphatic carbocycles. The fourth-order valence-corrected chi connectivity index (χ4v) is 6.27. The molecule has 0 saturated carbocycles. The predicted octanol–water partition coefficient (Wildman–Crippen LogP) is 0.222. The highest BCUT2D eigenvalue weighted by atomic mass is 32.3. The molecular formula is C25H32N4O13S. The lowest BCUT2D eigenvalue weighted by atomic mass is 9.58. The number of Topliss-reactive ketones (excluding diaryl/α,β-unsaturated/α-hetero) is 2. The van der Waals surface area contributed by atoms with Crippen molar-refractivity contribution in [1.82, 2.24) is 4.90 Å². The van der Waals surface area contributed by atoms with Gasteiger partial charge in [-0.1, -0.05) is 0 Å². The molecule has 236 valence electrons. The molecule has 0 radical (unpaired) electrons. The highest BCUT2D eigenvalue weighted by Gasteiger charge is 2.63. The monoisotopic (exact) mass is 628 g/mol. The number of carbonyl (C=O) groups is 3. The van der Waals surface area contributed by atoms with Gasteiger partial charge in [-0.25, -0.2) is 0 Å². The summed E-state index contributed by atoms with van der Waals surface area (Å²) in [7, 11) is -1.58. The highest BCUT2D eigenvalue weighted by molar-refractivity contribution is 7.79. The number of nitrogens with zero attached hydrogens (tertiary/aromatic N) is 3. The van der Waals surface area contributed by atoms with E-state index in [1.54, 1.807) is 19.0 Å². The van der Waals surface area contributed by atoms with E-state index in [0.717, 1.165) is 0 Å². The number of phenolic OH excluding ortho intramolecular Hbond substituents is 1. The molecule has 43 heavy (non-hydrogen) atoms. The summed E-state index contributed by atoms with van der Waals surface area (Å²) in [5, 5.41) is 56.3. The van der Waals surface area contributed by atoms with E-state index >= 15 is 0 Å². The summed E-state index contributed by atoms with van der Waals surface area (Å²) >= 11 is 0. The molecule has 1 aromatic carbocycles. The van der Waals surface area contributed by atoms with E-state index < -0.39 is 84.8 Å². The van der Waals surface area contributed by atoms with Gasteiger partial charge in [0, 0.05) is 36.3 Å². The highest BCUT2D eigenvalue weighted by Crippen LogP contribution is 2.54. The second-order valence-electron chi connectivity index (χ2n) is 10.5. The van der Waals surface area contributed by atoms with Gasteiger partial charge in [0.1, 0.15) is 17.1 Å². The number of fused-ring (bicyclic) bond motifs is 3. The van der Waals surface area contributed by atoms with Crippen molar-refractivity contribution in [1.29, 1.82) is 0 Å². The summed E-state index contributed by atoms with van der Waals surface area (Å²) in [5.74, 6) is -8.11. The summed E-state index contributed by atoms with van der Waals surface area (Å²) in [6.45, 7) is 4.56. The van der Waals surface area contributed by atoms with Crippen LogP contribution in [-0.4, -0.2) is 104 Å². The molecular weight excluding hydrogens is 596 g/mol. The molecule has 0 fully saturated rings. The topological polar surface area (TPSA) is 282 Å². The smallest absolute Gasteiger partial charge is 0.394 e. The van der Waals surface area contributed by atoms with Crippen molar-refractivity contribution in [3.8, 4) is 5.75 Å². The zero-order valence-corrected chi connectivity index (χ0v) is 24.3. The number of nitro groups is 1. The Bertz CT molecular complexity index is 1570. The number of anilines is 1. The van der Waals surface area contributed by atoms with Crippen molar-refractivity contribution < 1.29 is 57.3 Å². The summed E-state index contributed by atoms with van der Waals surface area (Å²) < 4.78 is 31.6. The normalized spacial score (nSPS) is 25.0. The van der Waals surface area contributed by atoms with E-state index in [4.69, 9.17) is 23.3 Å². The molecule has 0 spiro atoms. The fourth-order valence-electron chi connectivity index (χ4n) is 6.27. The number of aliphatic hydroxyl groups is 3. The minimum absolute atomic E-state index is 0.0475. The van der Waals surface area contributed by atoms with Gasteiger partial charge in [0.15, 0.2) is 11.4 Å². The average Bonchev–Trinajstić information content (AvgIpc) is 2.86. The Morgan fingerprint density at radius 2 is 1.70 bits per heavy atom. The van der Waals surface area contributed by atoms with Gasteiger partial charge in [0.05, 0.1) is 16.5 Å². The lowest BCUT2D eigenvalue weighted by molar-refractivity contribution is -0.385. The lowest BCUT2D eigenvalue weighted by Crippen LogP contribution is -2.63. The van der Waals surface area contributed by atoms with Crippen molar-refractivity contribution in [2.45, 2.75) is 38.3 Å². The third-order valence-corrected chi connectivity index (χ3v) is 7.98. The number of rotatable bonds is 6. The van der Waals surface area contributed by atoms with E-state index in [1.807, 2.05) is 13.8 Å². The molecule has 4 atom stereocenters. The Kier molecular flexibility index (Phi) is 8.96. The number of aliphatic hydroxyl groups excluding tert-OH is 2.